The van der Waals surface area contributed by atoms with E-state index in [0.29, 0.717) is 4.90 Å². The standard InChI is InChI=1S/C8H8N2O2S/c1-13(12)7-5-9-3-2-6(7)4-8(11)10-13/h2-3,5H,4H2,1H3. The van der Waals surface area contributed by atoms with Gasteiger partial charge in [-0.05, 0) is 11.6 Å². The van der Waals surface area contributed by atoms with Crippen molar-refractivity contribution in [2.45, 2.75) is 11.3 Å². The maximum Gasteiger partial charge on any atom is 0.258 e. The Hall–Kier alpha value is -1.23. The number of hydrogen-bond acceptors (Lipinski definition) is 3. The van der Waals surface area contributed by atoms with E-state index >= 15 is 0 Å². The minimum Gasteiger partial charge on any atom is -0.272 e. The fourth-order valence-corrected chi connectivity index (χ4v) is 2.77. The van der Waals surface area contributed by atoms with Crippen LogP contribution in [0.1, 0.15) is 5.56 Å². The summed E-state index contributed by atoms with van der Waals surface area (Å²) in [4.78, 5) is 15.5. The second-order valence-corrected chi connectivity index (χ2v) is 5.18. The molecule has 0 N–H and O–H groups in total. The molecule has 0 saturated heterocycles. The number of amides is 1. The molecule has 0 aliphatic carbocycles. The van der Waals surface area contributed by atoms with Gasteiger partial charge in [-0.3, -0.25) is 9.78 Å². The number of carbonyl (C=O) groups excluding carboxylic acids is 1. The Kier molecular flexibility index (Phi) is 1.69. The van der Waals surface area contributed by atoms with Gasteiger partial charge in [0.2, 0.25) is 0 Å². The molecule has 2 heterocycles. The van der Waals surface area contributed by atoms with Gasteiger partial charge in [0.15, 0.2) is 0 Å². The van der Waals surface area contributed by atoms with Crippen molar-refractivity contribution in [3.8, 4) is 0 Å². The maximum atomic E-state index is 11.8. The molecule has 1 amide bonds. The minimum absolute atomic E-state index is 0.239. The van der Waals surface area contributed by atoms with E-state index in [1.807, 2.05) is 0 Å². The number of aromatic nitrogens is 1. The molecule has 1 aliphatic rings. The second kappa shape index (κ2) is 2.63. The van der Waals surface area contributed by atoms with Crippen LogP contribution in [0, 0.1) is 0 Å². The van der Waals surface area contributed by atoms with E-state index in [0.717, 1.165) is 5.56 Å². The summed E-state index contributed by atoms with van der Waals surface area (Å²) in [6, 6.07) is 1.71. The number of fused-ring (bicyclic) bond motifs is 1. The first-order chi connectivity index (χ1) is 6.09. The van der Waals surface area contributed by atoms with E-state index in [4.69, 9.17) is 0 Å². The topological polar surface area (TPSA) is 59.4 Å². The number of pyridine rings is 1. The Morgan fingerprint density at radius 3 is 3.08 bits per heavy atom. The highest BCUT2D eigenvalue weighted by molar-refractivity contribution is 7.93. The zero-order chi connectivity index (χ0) is 9.47. The van der Waals surface area contributed by atoms with Crippen LogP contribution in [0.15, 0.2) is 27.7 Å². The number of rotatable bonds is 0. The Labute approximate surface area is 76.2 Å². The monoisotopic (exact) mass is 196 g/mol. The quantitative estimate of drug-likeness (QED) is 0.611. The highest BCUT2D eigenvalue weighted by atomic mass is 32.2. The summed E-state index contributed by atoms with van der Waals surface area (Å²) in [5.41, 5.74) is 0.780. The van der Waals surface area contributed by atoms with Crippen LogP contribution < -0.4 is 0 Å². The predicted molar refractivity (Wildman–Crippen MR) is 47.7 cm³/mol. The molecule has 1 aliphatic heterocycles. The second-order valence-electron chi connectivity index (χ2n) is 2.95. The molecule has 4 nitrogen and oxygen atoms in total. The van der Waals surface area contributed by atoms with E-state index in [1.165, 1.54) is 12.5 Å². The number of carbonyl (C=O) groups is 1. The summed E-state index contributed by atoms with van der Waals surface area (Å²) in [6.45, 7) is 0. The first kappa shape index (κ1) is 8.37. The van der Waals surface area contributed by atoms with E-state index < -0.39 is 9.73 Å². The van der Waals surface area contributed by atoms with Crippen LogP contribution in [0.4, 0.5) is 0 Å². The molecule has 1 aromatic heterocycles. The van der Waals surface area contributed by atoms with Crippen LogP contribution in [0.25, 0.3) is 0 Å². The van der Waals surface area contributed by atoms with Crippen LogP contribution in [-0.4, -0.2) is 21.4 Å². The van der Waals surface area contributed by atoms with E-state index in [1.54, 1.807) is 12.3 Å². The van der Waals surface area contributed by atoms with E-state index in [-0.39, 0.29) is 12.3 Å². The molecular weight excluding hydrogens is 188 g/mol. The van der Waals surface area contributed by atoms with Crippen LogP contribution in [0.3, 0.4) is 0 Å². The third kappa shape index (κ3) is 1.35. The molecule has 0 bridgehead atoms. The summed E-state index contributed by atoms with van der Waals surface area (Å²) < 4.78 is 15.4. The lowest BCUT2D eigenvalue weighted by Gasteiger charge is -2.13. The number of hydrogen-bond donors (Lipinski definition) is 0. The van der Waals surface area contributed by atoms with Gasteiger partial charge in [-0.2, -0.15) is 4.36 Å². The van der Waals surface area contributed by atoms with Crippen molar-refractivity contribution in [3.63, 3.8) is 0 Å². The lowest BCUT2D eigenvalue weighted by molar-refractivity contribution is -0.117. The van der Waals surface area contributed by atoms with Gasteiger partial charge in [-0.25, -0.2) is 4.21 Å². The zero-order valence-corrected chi connectivity index (χ0v) is 7.87. The largest absolute Gasteiger partial charge is 0.272 e. The van der Waals surface area contributed by atoms with Crippen LogP contribution in [0.5, 0.6) is 0 Å². The third-order valence-corrected chi connectivity index (χ3v) is 3.63. The Bertz CT molecular complexity index is 487. The molecule has 0 saturated carbocycles. The third-order valence-electron chi connectivity index (χ3n) is 1.90. The molecule has 0 radical (unpaired) electrons. The lowest BCUT2D eigenvalue weighted by Crippen LogP contribution is -2.15. The van der Waals surface area contributed by atoms with Gasteiger partial charge in [0, 0.05) is 18.6 Å². The van der Waals surface area contributed by atoms with Crippen LogP contribution in [-0.2, 0) is 20.9 Å². The van der Waals surface area contributed by atoms with Gasteiger partial charge in [-0.15, -0.1) is 0 Å². The van der Waals surface area contributed by atoms with Crippen LogP contribution in [0.2, 0.25) is 0 Å². The molecule has 0 fully saturated rings. The van der Waals surface area contributed by atoms with Crippen LogP contribution >= 0.6 is 0 Å². The SMILES string of the molecule is CS1(=O)=NC(=O)Cc2ccncc21. The summed E-state index contributed by atoms with van der Waals surface area (Å²) >= 11 is 0. The smallest absolute Gasteiger partial charge is 0.258 e. The highest BCUT2D eigenvalue weighted by Gasteiger charge is 2.20. The fourth-order valence-electron chi connectivity index (χ4n) is 1.33. The fraction of sp³-hybridized carbons (Fsp3) is 0.250. The molecule has 0 aromatic carbocycles. The first-order valence-corrected chi connectivity index (χ1v) is 5.70. The number of nitrogens with zero attached hydrogens (tertiary/aromatic N) is 2. The van der Waals surface area contributed by atoms with Crippen molar-refractivity contribution in [2.75, 3.05) is 6.26 Å². The van der Waals surface area contributed by atoms with Gasteiger partial charge in [0.25, 0.3) is 5.91 Å². The maximum absolute atomic E-state index is 11.8. The normalized spacial score (nSPS) is 26.4. The highest BCUT2D eigenvalue weighted by Crippen LogP contribution is 2.21. The minimum atomic E-state index is -2.53. The lowest BCUT2D eigenvalue weighted by atomic mass is 10.2. The average Bonchev–Trinajstić information content (AvgIpc) is 2.02. The van der Waals surface area contributed by atoms with E-state index in [9.17, 15) is 9.00 Å². The van der Waals surface area contributed by atoms with Crippen molar-refractivity contribution in [1.82, 2.24) is 4.98 Å². The van der Waals surface area contributed by atoms with Gasteiger partial charge in [-0.1, -0.05) is 0 Å². The molecule has 1 aromatic rings. The molecule has 5 heteroatoms. The van der Waals surface area contributed by atoms with Gasteiger partial charge in [0.05, 0.1) is 21.0 Å². The molecular formula is C8H8N2O2S. The molecule has 0 spiro atoms. The Morgan fingerprint density at radius 2 is 2.31 bits per heavy atom. The molecule has 1 atom stereocenters. The zero-order valence-electron chi connectivity index (χ0n) is 7.06. The predicted octanol–water partition coefficient (Wildman–Crippen LogP) is 0.621. The van der Waals surface area contributed by atoms with E-state index in [2.05, 4.69) is 9.35 Å². The molecule has 2 rings (SSSR count). The molecule has 13 heavy (non-hydrogen) atoms. The van der Waals surface area contributed by atoms with Crippen molar-refractivity contribution in [1.29, 1.82) is 0 Å². The summed E-state index contributed by atoms with van der Waals surface area (Å²) in [5, 5.41) is 0. The van der Waals surface area contributed by atoms with Gasteiger partial charge in [0.1, 0.15) is 0 Å². The van der Waals surface area contributed by atoms with Crippen molar-refractivity contribution >= 4 is 15.6 Å². The molecule has 68 valence electrons. The summed E-state index contributed by atoms with van der Waals surface area (Å²) in [7, 11) is -2.53. The Balaban J connectivity index is 2.77. The summed E-state index contributed by atoms with van der Waals surface area (Å²) in [5.74, 6) is -0.314. The van der Waals surface area contributed by atoms with Crippen molar-refractivity contribution < 1.29 is 9.00 Å². The molecule has 1 unspecified atom stereocenters. The van der Waals surface area contributed by atoms with Gasteiger partial charge >= 0.3 is 0 Å². The van der Waals surface area contributed by atoms with Crippen molar-refractivity contribution in [3.05, 3.63) is 24.0 Å². The van der Waals surface area contributed by atoms with Gasteiger partial charge < -0.3 is 0 Å². The average molecular weight is 196 g/mol. The van der Waals surface area contributed by atoms with Crippen molar-refractivity contribution in [2.24, 2.45) is 4.36 Å². The summed E-state index contributed by atoms with van der Waals surface area (Å²) in [6.07, 6.45) is 4.81. The first-order valence-electron chi connectivity index (χ1n) is 3.77. The Morgan fingerprint density at radius 1 is 1.54 bits per heavy atom.